The molecule has 2 aromatic carbocycles. The molecule has 0 aliphatic heterocycles. The molecular weight excluding hydrogens is 338 g/mol. The maximum absolute atomic E-state index is 12.1. The van der Waals surface area contributed by atoms with Gasteiger partial charge in [0.2, 0.25) is 0 Å². The molecule has 25 heavy (non-hydrogen) atoms. The van der Waals surface area contributed by atoms with E-state index < -0.39 is 15.7 Å². The van der Waals surface area contributed by atoms with Gasteiger partial charge in [-0.05, 0) is 43.0 Å². The van der Waals surface area contributed by atoms with Crippen LogP contribution in [0.25, 0.3) is 0 Å². The number of phenolic OH excluding ortho intramolecular Hbond substituents is 1. The van der Waals surface area contributed by atoms with Crippen molar-refractivity contribution in [3.8, 4) is 5.75 Å². The lowest BCUT2D eigenvalue weighted by molar-refractivity contribution is 0.0951. The van der Waals surface area contributed by atoms with Gasteiger partial charge in [-0.1, -0.05) is 36.4 Å². The second-order valence-electron chi connectivity index (χ2n) is 6.09. The number of carbonyl (C=O) groups excluding carboxylic acids is 1. The number of aryl methyl sites for hydroxylation is 1. The first kappa shape index (κ1) is 19.0. The summed E-state index contributed by atoms with van der Waals surface area (Å²) in [6.07, 6.45) is 0.326. The Hall–Kier alpha value is -2.34. The number of benzene rings is 2. The Balaban J connectivity index is 1.84. The smallest absolute Gasteiger partial charge is 0.255 e. The molecule has 134 valence electrons. The molecule has 2 N–H and O–H groups in total. The zero-order chi connectivity index (χ0) is 18.4. The third-order valence-electron chi connectivity index (χ3n) is 4.09. The Bertz CT molecular complexity index is 845. The van der Waals surface area contributed by atoms with E-state index in [1.165, 1.54) is 0 Å². The van der Waals surface area contributed by atoms with E-state index in [1.807, 2.05) is 13.0 Å². The van der Waals surface area contributed by atoms with Gasteiger partial charge >= 0.3 is 0 Å². The molecular formula is C19H23NO4S. The van der Waals surface area contributed by atoms with Crippen LogP contribution in [-0.2, 0) is 15.6 Å². The fourth-order valence-electron chi connectivity index (χ4n) is 2.47. The summed E-state index contributed by atoms with van der Waals surface area (Å²) in [6, 6.07) is 12.4. The minimum absolute atomic E-state index is 0.000266. The second kappa shape index (κ2) is 8.16. The normalized spacial score (nSPS) is 11.3. The average Bonchev–Trinajstić information content (AvgIpc) is 2.57. The Labute approximate surface area is 148 Å². The van der Waals surface area contributed by atoms with Crippen molar-refractivity contribution >= 4 is 15.7 Å². The summed E-state index contributed by atoms with van der Waals surface area (Å²) in [7, 11) is -3.22. The van der Waals surface area contributed by atoms with Crippen LogP contribution in [0.3, 0.4) is 0 Å². The minimum Gasteiger partial charge on any atom is -0.507 e. The molecule has 6 heteroatoms. The highest BCUT2D eigenvalue weighted by Crippen LogP contribution is 2.24. The highest BCUT2D eigenvalue weighted by atomic mass is 32.2. The summed E-state index contributed by atoms with van der Waals surface area (Å²) in [6.45, 7) is 3.84. The molecule has 0 bridgehead atoms. The van der Waals surface area contributed by atoms with Crippen LogP contribution in [0.15, 0.2) is 42.5 Å². The van der Waals surface area contributed by atoms with Gasteiger partial charge in [0.05, 0.1) is 17.1 Å². The maximum atomic E-state index is 12.1. The molecule has 0 aliphatic rings. The molecule has 0 saturated heterocycles. The summed E-state index contributed by atoms with van der Waals surface area (Å²) in [5.74, 6) is -0.434. The van der Waals surface area contributed by atoms with Gasteiger partial charge < -0.3 is 10.4 Å². The highest BCUT2D eigenvalue weighted by molar-refractivity contribution is 7.90. The number of hydrogen-bond donors (Lipinski definition) is 2. The van der Waals surface area contributed by atoms with E-state index in [2.05, 4.69) is 5.32 Å². The van der Waals surface area contributed by atoms with E-state index >= 15 is 0 Å². The molecule has 2 aromatic rings. The number of amides is 1. The molecule has 0 radical (unpaired) electrons. The lowest BCUT2D eigenvalue weighted by Crippen LogP contribution is -2.26. The molecule has 0 saturated carbocycles. The van der Waals surface area contributed by atoms with Gasteiger partial charge in [-0.25, -0.2) is 8.42 Å². The van der Waals surface area contributed by atoms with Crippen molar-refractivity contribution < 1.29 is 18.3 Å². The van der Waals surface area contributed by atoms with Gasteiger partial charge in [0, 0.05) is 6.54 Å². The number of sulfone groups is 1. The van der Waals surface area contributed by atoms with Crippen LogP contribution < -0.4 is 5.32 Å². The molecule has 0 fully saturated rings. The zero-order valence-electron chi connectivity index (χ0n) is 14.5. The highest BCUT2D eigenvalue weighted by Gasteiger charge is 2.15. The minimum atomic E-state index is -3.22. The van der Waals surface area contributed by atoms with Gasteiger partial charge in [-0.15, -0.1) is 0 Å². The molecule has 0 aromatic heterocycles. The second-order valence-corrected chi connectivity index (χ2v) is 8.27. The Morgan fingerprint density at radius 1 is 1.08 bits per heavy atom. The first-order valence-electron chi connectivity index (χ1n) is 8.12. The molecule has 1 amide bonds. The number of carbonyl (C=O) groups is 1. The summed E-state index contributed by atoms with van der Waals surface area (Å²) in [5.41, 5.74) is 2.53. The van der Waals surface area contributed by atoms with Crippen molar-refractivity contribution in [1.82, 2.24) is 5.32 Å². The van der Waals surface area contributed by atoms with Crippen molar-refractivity contribution in [1.29, 1.82) is 0 Å². The van der Waals surface area contributed by atoms with Crippen molar-refractivity contribution in [3.05, 3.63) is 64.7 Å². The molecule has 0 atom stereocenters. The maximum Gasteiger partial charge on any atom is 0.255 e. The fraction of sp³-hybridized carbons (Fsp3) is 0.316. The number of nitrogens with one attached hydrogen (secondary N) is 1. The molecule has 0 aliphatic carbocycles. The standard InChI is InChI=1S/C19H23NO4S/c1-14-9-10-17(18(21)15(14)2)19(22)20-11-6-12-25(23,24)13-16-7-4-3-5-8-16/h3-5,7-10,21H,6,11-13H2,1-2H3,(H,20,22). The Kier molecular flexibility index (Phi) is 6.20. The number of rotatable bonds is 7. The van der Waals surface area contributed by atoms with E-state index in [4.69, 9.17) is 0 Å². The van der Waals surface area contributed by atoms with Crippen LogP contribution in [0.4, 0.5) is 0 Å². The van der Waals surface area contributed by atoms with Crippen LogP contribution in [0.2, 0.25) is 0 Å². The van der Waals surface area contributed by atoms with Crippen molar-refractivity contribution in [2.75, 3.05) is 12.3 Å². The first-order chi connectivity index (χ1) is 11.8. The van der Waals surface area contributed by atoms with Crippen LogP contribution in [0.5, 0.6) is 5.75 Å². The predicted molar refractivity (Wildman–Crippen MR) is 98.5 cm³/mol. The SMILES string of the molecule is Cc1ccc(C(=O)NCCCS(=O)(=O)Cc2ccccc2)c(O)c1C. The van der Waals surface area contributed by atoms with Crippen LogP contribution in [0.1, 0.15) is 33.5 Å². The third kappa shape index (κ3) is 5.32. The van der Waals surface area contributed by atoms with E-state index in [1.54, 1.807) is 43.3 Å². The van der Waals surface area contributed by atoms with Gasteiger partial charge in [0.15, 0.2) is 9.84 Å². The predicted octanol–water partition coefficient (Wildman–Crippen LogP) is 2.74. The summed E-state index contributed by atoms with van der Waals surface area (Å²) >= 11 is 0. The van der Waals surface area contributed by atoms with E-state index in [-0.39, 0.29) is 29.4 Å². The number of aromatic hydroxyl groups is 1. The number of phenols is 1. The third-order valence-corrected chi connectivity index (χ3v) is 5.78. The first-order valence-corrected chi connectivity index (χ1v) is 9.94. The lowest BCUT2D eigenvalue weighted by atomic mass is 10.0. The largest absolute Gasteiger partial charge is 0.507 e. The van der Waals surface area contributed by atoms with Crippen LogP contribution in [-0.4, -0.2) is 31.7 Å². The molecule has 0 spiro atoms. The van der Waals surface area contributed by atoms with E-state index in [0.717, 1.165) is 11.1 Å². The summed E-state index contributed by atoms with van der Waals surface area (Å²) < 4.78 is 24.2. The van der Waals surface area contributed by atoms with Gasteiger partial charge in [-0.3, -0.25) is 4.79 Å². The number of hydrogen-bond acceptors (Lipinski definition) is 4. The topological polar surface area (TPSA) is 83.5 Å². The van der Waals surface area contributed by atoms with Gasteiger partial charge in [0.25, 0.3) is 5.91 Å². The Morgan fingerprint density at radius 2 is 1.76 bits per heavy atom. The van der Waals surface area contributed by atoms with Gasteiger partial charge in [0.1, 0.15) is 5.75 Å². The molecule has 5 nitrogen and oxygen atoms in total. The van der Waals surface area contributed by atoms with E-state index in [0.29, 0.717) is 12.0 Å². The van der Waals surface area contributed by atoms with Crippen LogP contribution >= 0.6 is 0 Å². The average molecular weight is 361 g/mol. The zero-order valence-corrected chi connectivity index (χ0v) is 15.3. The lowest BCUT2D eigenvalue weighted by Gasteiger charge is -2.10. The summed E-state index contributed by atoms with van der Waals surface area (Å²) in [4.78, 5) is 12.1. The summed E-state index contributed by atoms with van der Waals surface area (Å²) in [5, 5.41) is 12.7. The van der Waals surface area contributed by atoms with E-state index in [9.17, 15) is 18.3 Å². The quantitative estimate of drug-likeness (QED) is 0.743. The fourth-order valence-corrected chi connectivity index (χ4v) is 3.90. The van der Waals surface area contributed by atoms with Gasteiger partial charge in [-0.2, -0.15) is 0 Å². The molecule has 2 rings (SSSR count). The van der Waals surface area contributed by atoms with Crippen molar-refractivity contribution in [3.63, 3.8) is 0 Å². The Morgan fingerprint density at radius 3 is 2.44 bits per heavy atom. The van der Waals surface area contributed by atoms with Crippen LogP contribution in [0, 0.1) is 13.8 Å². The van der Waals surface area contributed by atoms with Crippen molar-refractivity contribution in [2.24, 2.45) is 0 Å². The molecule has 0 heterocycles. The molecule has 0 unspecified atom stereocenters. The van der Waals surface area contributed by atoms with Crippen molar-refractivity contribution in [2.45, 2.75) is 26.0 Å². The monoisotopic (exact) mass is 361 g/mol.